The molecule has 1 aromatic heterocycles. The van der Waals surface area contributed by atoms with Crippen LogP contribution in [0, 0.1) is 5.41 Å². The van der Waals surface area contributed by atoms with Gasteiger partial charge in [-0.05, 0) is 56.1 Å². The minimum Gasteiger partial charge on any atom is -0.505 e. The molecule has 164 valence electrons. The van der Waals surface area contributed by atoms with E-state index in [4.69, 9.17) is 16.0 Å². The van der Waals surface area contributed by atoms with Gasteiger partial charge in [-0.15, -0.1) is 0 Å². The van der Waals surface area contributed by atoms with Gasteiger partial charge in [-0.2, -0.15) is 0 Å². The Morgan fingerprint density at radius 3 is 2.61 bits per heavy atom. The second-order valence-electron chi connectivity index (χ2n) is 8.57. The number of nitrogens with zero attached hydrogens (tertiary/aromatic N) is 1. The molecular weight excluding hydrogens is 438 g/mol. The van der Waals surface area contributed by atoms with Crippen LogP contribution in [0.15, 0.2) is 43.4 Å². The lowest BCUT2D eigenvalue weighted by molar-refractivity contribution is 0.250. The summed E-state index contributed by atoms with van der Waals surface area (Å²) in [4.78, 5) is 25.2. The average Bonchev–Trinajstić information content (AvgIpc) is 3.18. The summed E-state index contributed by atoms with van der Waals surface area (Å²) < 4.78 is 7.37. The largest absolute Gasteiger partial charge is 0.505 e. The van der Waals surface area contributed by atoms with E-state index < -0.39 is 10.9 Å². The van der Waals surface area contributed by atoms with Crippen molar-refractivity contribution in [3.8, 4) is 5.75 Å². The van der Waals surface area contributed by atoms with Crippen LogP contribution in [0.25, 0.3) is 0 Å². The summed E-state index contributed by atoms with van der Waals surface area (Å²) in [6, 6.07) is 4.94. The molecule has 0 bridgehead atoms. The number of halogens is 1. The zero-order valence-electron chi connectivity index (χ0n) is 17.7. The molecule has 0 amide bonds. The third-order valence-electron chi connectivity index (χ3n) is 5.68. The first-order chi connectivity index (χ1) is 14.6. The Balaban J connectivity index is 1.67. The van der Waals surface area contributed by atoms with Crippen LogP contribution in [0.5, 0.6) is 5.75 Å². The monoisotopic (exact) mass is 461 g/mol. The van der Waals surface area contributed by atoms with E-state index in [-0.39, 0.29) is 28.6 Å². The number of hydrogen-bond acceptors (Lipinski definition) is 8. The van der Waals surface area contributed by atoms with Gasteiger partial charge in [0.1, 0.15) is 17.1 Å². The number of furan rings is 1. The maximum absolute atomic E-state index is 12.4. The number of rotatable bonds is 6. The Labute approximate surface area is 189 Å². The molecule has 3 N–H and O–H groups in total. The van der Waals surface area contributed by atoms with Gasteiger partial charge in [-0.1, -0.05) is 25.4 Å². The zero-order chi connectivity index (χ0) is 22.5. The Kier molecular flexibility index (Phi) is 5.57. The summed E-state index contributed by atoms with van der Waals surface area (Å²) >= 11 is 7.48. The van der Waals surface area contributed by atoms with Crippen molar-refractivity contribution >= 4 is 40.6 Å². The van der Waals surface area contributed by atoms with Gasteiger partial charge in [0, 0.05) is 12.0 Å². The summed E-state index contributed by atoms with van der Waals surface area (Å²) in [6.45, 7) is 4.24. The first-order valence-electron chi connectivity index (χ1n) is 9.90. The molecule has 0 fully saturated rings. The number of hydrogen-bond donors (Lipinski definition) is 3. The van der Waals surface area contributed by atoms with Gasteiger partial charge in [0.05, 0.1) is 27.9 Å². The number of aromatic hydroxyl groups is 1. The molecule has 9 heteroatoms. The van der Waals surface area contributed by atoms with Crippen molar-refractivity contribution in [2.24, 2.45) is 5.41 Å². The number of nitrogens with one attached hydrogen (secondary N) is 2. The lowest BCUT2D eigenvalue weighted by Gasteiger charge is -2.39. The third-order valence-corrected chi connectivity index (χ3v) is 7.07. The van der Waals surface area contributed by atoms with Gasteiger partial charge < -0.3 is 20.2 Å². The third kappa shape index (κ3) is 3.84. The van der Waals surface area contributed by atoms with Crippen molar-refractivity contribution in [1.29, 1.82) is 0 Å². The molecule has 7 nitrogen and oxygen atoms in total. The molecule has 0 spiro atoms. The minimum atomic E-state index is -0.625. The number of phenols is 1. The lowest BCUT2D eigenvalue weighted by atomic mass is 9.72. The van der Waals surface area contributed by atoms with Crippen LogP contribution in [0.2, 0.25) is 5.02 Å². The van der Waals surface area contributed by atoms with Crippen LogP contribution in [-0.4, -0.2) is 23.5 Å². The molecule has 4 rings (SSSR count). The van der Waals surface area contributed by atoms with Crippen molar-refractivity contribution in [3.05, 3.63) is 61.3 Å². The maximum atomic E-state index is 12.4. The molecule has 0 saturated heterocycles. The standard InChI is InChI=1S/C22H24ClN3O4S/c1-22(2)9-7-14-11(8-10-30-14)21(22)25-16-15(18(28)19(16)29)24-13-6-5-12(23)20(17(13)27)31-26(3)4/h5-6,8,10,21,24-25,27H,7,9H2,1-4H3. The Morgan fingerprint density at radius 2 is 1.90 bits per heavy atom. The Bertz CT molecular complexity index is 1210. The predicted octanol–water partition coefficient (Wildman–Crippen LogP) is 4.67. The molecule has 0 saturated carbocycles. The first-order valence-corrected chi connectivity index (χ1v) is 11.0. The van der Waals surface area contributed by atoms with Crippen LogP contribution < -0.4 is 21.5 Å². The van der Waals surface area contributed by atoms with Gasteiger partial charge in [-0.3, -0.25) is 13.9 Å². The summed E-state index contributed by atoms with van der Waals surface area (Å²) in [6.07, 6.45) is 3.36. The number of aryl methyl sites for hydroxylation is 1. The van der Waals surface area contributed by atoms with Crippen LogP contribution in [0.3, 0.4) is 0 Å². The number of benzene rings is 1. The van der Waals surface area contributed by atoms with Crippen molar-refractivity contribution in [3.63, 3.8) is 0 Å². The molecule has 1 aliphatic carbocycles. The van der Waals surface area contributed by atoms with Crippen LogP contribution in [0.1, 0.15) is 37.6 Å². The van der Waals surface area contributed by atoms with E-state index >= 15 is 0 Å². The molecule has 0 radical (unpaired) electrons. The van der Waals surface area contributed by atoms with E-state index in [1.807, 2.05) is 20.2 Å². The highest BCUT2D eigenvalue weighted by Gasteiger charge is 2.39. The Hall–Kier alpha value is -2.42. The summed E-state index contributed by atoms with van der Waals surface area (Å²) in [5, 5.41) is 17.3. The van der Waals surface area contributed by atoms with E-state index in [9.17, 15) is 14.7 Å². The number of phenolic OH excluding ortho intramolecular Hbond substituents is 1. The summed E-state index contributed by atoms with van der Waals surface area (Å²) in [5.41, 5.74) is 0.296. The lowest BCUT2D eigenvalue weighted by Crippen LogP contribution is -2.41. The Morgan fingerprint density at radius 1 is 1.19 bits per heavy atom. The smallest absolute Gasteiger partial charge is 0.253 e. The van der Waals surface area contributed by atoms with Gasteiger partial charge >= 0.3 is 0 Å². The molecule has 3 aromatic rings. The van der Waals surface area contributed by atoms with Crippen molar-refractivity contribution in [2.75, 3.05) is 24.7 Å². The van der Waals surface area contributed by atoms with E-state index in [2.05, 4.69) is 24.5 Å². The fraction of sp³-hybridized carbons (Fsp3) is 0.364. The molecule has 1 atom stereocenters. The molecule has 1 heterocycles. The highest BCUT2D eigenvalue weighted by molar-refractivity contribution is 7.97. The molecule has 2 aromatic carbocycles. The van der Waals surface area contributed by atoms with Crippen LogP contribution in [-0.2, 0) is 6.42 Å². The molecule has 1 aliphatic rings. The van der Waals surface area contributed by atoms with Crippen molar-refractivity contribution < 1.29 is 9.52 Å². The van der Waals surface area contributed by atoms with Gasteiger partial charge in [0.2, 0.25) is 0 Å². The number of anilines is 3. The highest BCUT2D eigenvalue weighted by Crippen LogP contribution is 2.47. The first kappa shape index (κ1) is 21.8. The van der Waals surface area contributed by atoms with Crippen LogP contribution >= 0.6 is 23.5 Å². The quantitative estimate of drug-likeness (QED) is 0.277. The average molecular weight is 462 g/mol. The second-order valence-corrected chi connectivity index (χ2v) is 10.3. The fourth-order valence-corrected chi connectivity index (χ4v) is 4.90. The molecule has 0 aliphatic heterocycles. The SMILES string of the molecule is CN(C)Sc1c(Cl)ccc(Nc2c(NC3c4ccoc4CCC3(C)C)c(=O)c2=O)c1O. The van der Waals surface area contributed by atoms with Crippen molar-refractivity contribution in [1.82, 2.24) is 4.31 Å². The molecule has 31 heavy (non-hydrogen) atoms. The van der Waals surface area contributed by atoms with Gasteiger partial charge in [0.25, 0.3) is 10.9 Å². The highest BCUT2D eigenvalue weighted by atomic mass is 35.5. The number of fused-ring (bicyclic) bond motifs is 1. The van der Waals surface area contributed by atoms with E-state index in [0.717, 1.165) is 24.2 Å². The van der Waals surface area contributed by atoms with E-state index in [1.165, 1.54) is 11.9 Å². The zero-order valence-corrected chi connectivity index (χ0v) is 19.3. The van der Waals surface area contributed by atoms with E-state index in [0.29, 0.717) is 15.6 Å². The minimum absolute atomic E-state index is 0.0830. The topological polar surface area (TPSA) is 94.8 Å². The summed E-state index contributed by atoms with van der Waals surface area (Å²) in [5.74, 6) is 0.811. The molecular formula is C22H24ClN3O4S. The normalized spacial score (nSPS) is 17.7. The van der Waals surface area contributed by atoms with E-state index in [1.54, 1.807) is 22.7 Å². The van der Waals surface area contributed by atoms with Crippen molar-refractivity contribution in [2.45, 2.75) is 37.6 Å². The second kappa shape index (κ2) is 7.93. The van der Waals surface area contributed by atoms with Crippen LogP contribution in [0.4, 0.5) is 17.1 Å². The summed E-state index contributed by atoms with van der Waals surface area (Å²) in [7, 11) is 3.66. The fourth-order valence-electron chi connectivity index (χ4n) is 3.93. The predicted molar refractivity (Wildman–Crippen MR) is 124 cm³/mol. The maximum Gasteiger partial charge on any atom is 0.253 e. The molecule has 1 unspecified atom stereocenters. The van der Waals surface area contributed by atoms with Gasteiger partial charge in [0.15, 0.2) is 5.75 Å². The van der Waals surface area contributed by atoms with Gasteiger partial charge in [-0.25, -0.2) is 0 Å².